The highest BCUT2D eigenvalue weighted by Gasteiger charge is 2.11. The average Bonchev–Trinajstić information content (AvgIpc) is 2.67. The molecule has 0 unspecified atom stereocenters. The van der Waals surface area contributed by atoms with Crippen LogP contribution in [0.1, 0.15) is 47.4 Å². The maximum atomic E-state index is 12.3. The van der Waals surface area contributed by atoms with Gasteiger partial charge in [-0.3, -0.25) is 4.79 Å². The molecule has 0 spiro atoms. The third kappa shape index (κ3) is 5.27. The summed E-state index contributed by atoms with van der Waals surface area (Å²) in [5, 5.41) is 2.75. The van der Waals surface area contributed by atoms with E-state index in [1.54, 1.807) is 31.2 Å². The van der Waals surface area contributed by atoms with Gasteiger partial charge < -0.3 is 15.0 Å². The second-order valence-corrected chi connectivity index (χ2v) is 5.80. The fourth-order valence-corrected chi connectivity index (χ4v) is 2.24. The quantitative estimate of drug-likeness (QED) is 0.732. The smallest absolute Gasteiger partial charge is 0.338 e. The lowest BCUT2D eigenvalue weighted by atomic mass is 10.2. The van der Waals surface area contributed by atoms with Gasteiger partial charge in [-0.05, 0) is 37.6 Å². The molecule has 1 heterocycles. The third-order valence-electron chi connectivity index (χ3n) is 3.74. The zero-order chi connectivity index (χ0) is 18.9. The van der Waals surface area contributed by atoms with Crippen LogP contribution in [-0.2, 0) is 4.74 Å². The first-order valence-corrected chi connectivity index (χ1v) is 8.66. The van der Waals surface area contributed by atoms with Crippen LogP contribution in [0.3, 0.4) is 0 Å². The summed E-state index contributed by atoms with van der Waals surface area (Å²) in [6, 6.07) is 6.52. The van der Waals surface area contributed by atoms with Gasteiger partial charge in [0.15, 0.2) is 0 Å². The van der Waals surface area contributed by atoms with Gasteiger partial charge in [-0.1, -0.05) is 13.3 Å². The second-order valence-electron chi connectivity index (χ2n) is 5.80. The van der Waals surface area contributed by atoms with Crippen LogP contribution in [0.15, 0.2) is 36.7 Å². The number of unbranched alkanes of at least 4 members (excludes halogenated alkanes) is 1. The van der Waals surface area contributed by atoms with Gasteiger partial charge in [0, 0.05) is 31.7 Å². The highest BCUT2D eigenvalue weighted by molar-refractivity contribution is 6.04. The Kier molecular flexibility index (Phi) is 7.08. The maximum absolute atomic E-state index is 12.3. The van der Waals surface area contributed by atoms with E-state index in [1.807, 2.05) is 11.9 Å². The van der Waals surface area contributed by atoms with Gasteiger partial charge in [0.1, 0.15) is 0 Å². The minimum atomic E-state index is -0.387. The van der Waals surface area contributed by atoms with Crippen molar-refractivity contribution in [3.8, 4) is 0 Å². The first-order valence-electron chi connectivity index (χ1n) is 8.66. The number of anilines is 2. The van der Waals surface area contributed by atoms with Crippen molar-refractivity contribution in [1.29, 1.82) is 0 Å². The van der Waals surface area contributed by atoms with Crippen molar-refractivity contribution in [2.24, 2.45) is 0 Å². The molecule has 0 aliphatic heterocycles. The Morgan fingerprint density at radius 1 is 1.08 bits per heavy atom. The monoisotopic (exact) mass is 356 g/mol. The van der Waals surface area contributed by atoms with Crippen LogP contribution in [-0.4, -0.2) is 42.0 Å². The maximum Gasteiger partial charge on any atom is 0.338 e. The molecule has 0 aliphatic rings. The van der Waals surface area contributed by atoms with Gasteiger partial charge in [-0.25, -0.2) is 14.8 Å². The highest BCUT2D eigenvalue weighted by Crippen LogP contribution is 2.13. The van der Waals surface area contributed by atoms with Crippen LogP contribution in [0.2, 0.25) is 0 Å². The lowest BCUT2D eigenvalue weighted by Gasteiger charge is -2.16. The number of nitrogens with one attached hydrogen (secondary N) is 1. The molecular formula is C19H24N4O3. The van der Waals surface area contributed by atoms with Crippen molar-refractivity contribution in [2.75, 3.05) is 30.4 Å². The molecule has 138 valence electrons. The summed E-state index contributed by atoms with van der Waals surface area (Å²) < 4.78 is 4.93. The van der Waals surface area contributed by atoms with Gasteiger partial charge in [0.05, 0.1) is 17.7 Å². The van der Waals surface area contributed by atoms with Crippen LogP contribution in [0.4, 0.5) is 11.6 Å². The lowest BCUT2D eigenvalue weighted by molar-refractivity contribution is 0.0526. The Morgan fingerprint density at radius 2 is 1.73 bits per heavy atom. The average molecular weight is 356 g/mol. The SMILES string of the molecule is CCCCN(C)c1ncc(C(=O)Nc2ccc(C(=O)OCC)cc2)cn1. The number of rotatable bonds is 8. The van der Waals surface area contributed by atoms with Crippen molar-refractivity contribution in [2.45, 2.75) is 26.7 Å². The minimum absolute atomic E-state index is 0.309. The summed E-state index contributed by atoms with van der Waals surface area (Å²) in [6.45, 7) is 5.07. The van der Waals surface area contributed by atoms with Crippen molar-refractivity contribution < 1.29 is 14.3 Å². The van der Waals surface area contributed by atoms with E-state index in [9.17, 15) is 9.59 Å². The minimum Gasteiger partial charge on any atom is -0.462 e. The zero-order valence-electron chi connectivity index (χ0n) is 15.4. The van der Waals surface area contributed by atoms with Crippen molar-refractivity contribution >= 4 is 23.5 Å². The van der Waals surface area contributed by atoms with E-state index in [4.69, 9.17) is 4.74 Å². The van der Waals surface area contributed by atoms with Gasteiger partial charge in [-0.2, -0.15) is 0 Å². The molecule has 7 heteroatoms. The summed E-state index contributed by atoms with van der Waals surface area (Å²) in [6.07, 6.45) is 5.17. The Hall–Kier alpha value is -2.96. The van der Waals surface area contributed by atoms with Crippen LogP contribution in [0.25, 0.3) is 0 Å². The molecule has 1 aromatic carbocycles. The number of nitrogens with zero attached hydrogens (tertiary/aromatic N) is 3. The van der Waals surface area contributed by atoms with E-state index in [0.717, 1.165) is 19.4 Å². The van der Waals surface area contributed by atoms with Crippen molar-refractivity contribution in [3.05, 3.63) is 47.8 Å². The van der Waals surface area contributed by atoms with E-state index in [2.05, 4.69) is 22.2 Å². The van der Waals surface area contributed by atoms with Crippen LogP contribution in [0.5, 0.6) is 0 Å². The number of ether oxygens (including phenoxy) is 1. The third-order valence-corrected chi connectivity index (χ3v) is 3.74. The number of carbonyl (C=O) groups is 2. The first-order chi connectivity index (χ1) is 12.5. The number of benzene rings is 1. The first kappa shape index (κ1) is 19.4. The number of hydrogen-bond acceptors (Lipinski definition) is 6. The summed E-state index contributed by atoms with van der Waals surface area (Å²) >= 11 is 0. The Morgan fingerprint density at radius 3 is 2.31 bits per heavy atom. The second kappa shape index (κ2) is 9.50. The van der Waals surface area contributed by atoms with E-state index in [1.165, 1.54) is 12.4 Å². The van der Waals surface area contributed by atoms with E-state index < -0.39 is 0 Å². The van der Waals surface area contributed by atoms with Crippen LogP contribution >= 0.6 is 0 Å². The van der Waals surface area contributed by atoms with Crippen molar-refractivity contribution in [1.82, 2.24) is 9.97 Å². The lowest BCUT2D eigenvalue weighted by Crippen LogP contribution is -2.21. The molecule has 0 bridgehead atoms. The Bertz CT molecular complexity index is 729. The molecule has 0 fully saturated rings. The predicted molar refractivity (Wildman–Crippen MR) is 101 cm³/mol. The molecule has 26 heavy (non-hydrogen) atoms. The van der Waals surface area contributed by atoms with Gasteiger partial charge in [0.25, 0.3) is 5.91 Å². The number of amides is 1. The van der Waals surface area contributed by atoms with E-state index in [0.29, 0.717) is 29.4 Å². The molecule has 0 atom stereocenters. The molecule has 2 aromatic rings. The molecule has 7 nitrogen and oxygen atoms in total. The van der Waals surface area contributed by atoms with E-state index in [-0.39, 0.29) is 11.9 Å². The van der Waals surface area contributed by atoms with Crippen LogP contribution in [0, 0.1) is 0 Å². The molecule has 1 amide bonds. The fraction of sp³-hybridized carbons (Fsp3) is 0.368. The molecule has 0 saturated heterocycles. The summed E-state index contributed by atoms with van der Waals surface area (Å²) in [4.78, 5) is 34.4. The fourth-order valence-electron chi connectivity index (χ4n) is 2.24. The molecule has 1 aromatic heterocycles. The van der Waals surface area contributed by atoms with Gasteiger partial charge in [0.2, 0.25) is 5.95 Å². The topological polar surface area (TPSA) is 84.4 Å². The van der Waals surface area contributed by atoms with Crippen molar-refractivity contribution in [3.63, 3.8) is 0 Å². The number of carbonyl (C=O) groups excluding carboxylic acids is 2. The molecule has 0 aliphatic carbocycles. The van der Waals surface area contributed by atoms with Gasteiger partial charge in [-0.15, -0.1) is 0 Å². The molecule has 0 saturated carbocycles. The standard InChI is InChI=1S/C19H24N4O3/c1-4-6-11-23(3)19-20-12-15(13-21-19)17(24)22-16-9-7-14(8-10-16)18(25)26-5-2/h7-10,12-13H,4-6,11H2,1-3H3,(H,22,24). The summed E-state index contributed by atoms with van der Waals surface area (Å²) in [7, 11) is 1.93. The van der Waals surface area contributed by atoms with E-state index >= 15 is 0 Å². The molecular weight excluding hydrogens is 332 g/mol. The molecule has 0 radical (unpaired) electrons. The van der Waals surface area contributed by atoms with Gasteiger partial charge >= 0.3 is 5.97 Å². The normalized spacial score (nSPS) is 10.3. The Balaban J connectivity index is 1.98. The largest absolute Gasteiger partial charge is 0.462 e. The number of hydrogen-bond donors (Lipinski definition) is 1. The highest BCUT2D eigenvalue weighted by atomic mass is 16.5. The molecule has 2 rings (SSSR count). The zero-order valence-corrected chi connectivity index (χ0v) is 15.4. The molecule has 1 N–H and O–H groups in total. The summed E-state index contributed by atoms with van der Waals surface area (Å²) in [5.74, 6) is -0.105. The van der Waals surface area contributed by atoms with Crippen LogP contribution < -0.4 is 10.2 Å². The number of aromatic nitrogens is 2. The Labute approximate surface area is 153 Å². The summed E-state index contributed by atoms with van der Waals surface area (Å²) in [5.41, 5.74) is 1.38. The predicted octanol–water partition coefficient (Wildman–Crippen LogP) is 3.14. The number of esters is 1.